The molecule has 9 aromatic rings. The van der Waals surface area contributed by atoms with Crippen molar-refractivity contribution >= 4 is 29.6 Å². The highest BCUT2D eigenvalue weighted by Crippen LogP contribution is 2.49. The van der Waals surface area contributed by atoms with Gasteiger partial charge in [0.15, 0.2) is 0 Å². The number of aliphatic imine (C=N–C) groups is 3. The molecule has 0 spiro atoms. The lowest BCUT2D eigenvalue weighted by atomic mass is 9.88. The molecular formula is C95H114N10O2. The summed E-state index contributed by atoms with van der Waals surface area (Å²) < 4.78 is 0. The van der Waals surface area contributed by atoms with Crippen LogP contribution in [0.4, 0.5) is 9.59 Å². The van der Waals surface area contributed by atoms with Gasteiger partial charge in [0.2, 0.25) is 0 Å². The van der Waals surface area contributed by atoms with Gasteiger partial charge in [-0.3, -0.25) is 24.8 Å². The van der Waals surface area contributed by atoms with Gasteiger partial charge in [-0.2, -0.15) is 0 Å². The number of hydrogen-bond donors (Lipinski definition) is 2. The van der Waals surface area contributed by atoms with E-state index in [9.17, 15) is 9.59 Å². The number of carbonyl (C=O) groups excluding carboxylic acids is 2. The van der Waals surface area contributed by atoms with E-state index in [0.29, 0.717) is 13.1 Å². The minimum absolute atomic E-state index is 0.0418. The molecule has 0 aromatic heterocycles. The summed E-state index contributed by atoms with van der Waals surface area (Å²) in [6.45, 7) is 51.9. The summed E-state index contributed by atoms with van der Waals surface area (Å²) >= 11 is 0. The Labute approximate surface area is 639 Å². The van der Waals surface area contributed by atoms with Crippen LogP contribution in [0.25, 0.3) is 0 Å². The van der Waals surface area contributed by atoms with E-state index in [1.54, 1.807) is 0 Å². The molecule has 12 nitrogen and oxygen atoms in total. The zero-order valence-corrected chi connectivity index (χ0v) is 67.9. The SMILES string of the molecule is Cc1ccc([C@H]2N=C(c3c(C)c(C)c(C)c(C)c3C)N(C(=O)N3CCN(C)CC3)[C@H]2c2ccc(C)cc2)cc1.Cc1ccc([C@H]2N=C(c3c(C)c(C)c(C)c(C)c3C)N(C(=O)N3CCNCC3)[C@H]2c2ccc(C)cc2)cc1.Cc1ccc([C@H]2N=C(c3c(C)c(C)c(C)c(C)c3C)N[C@H]2c2ccc(C)cc2)cc1. The van der Waals surface area contributed by atoms with Gasteiger partial charge in [0.05, 0.1) is 18.1 Å². The number of hydrogen-bond acceptors (Lipinski definition) is 8. The maximum atomic E-state index is 14.6. The summed E-state index contributed by atoms with van der Waals surface area (Å²) in [5.74, 6) is 2.62. The summed E-state index contributed by atoms with van der Waals surface area (Å²) in [5, 5.41) is 7.20. The molecular weight excluding hydrogens is 1310 g/mol. The molecule has 5 aliphatic heterocycles. The molecule has 556 valence electrons. The first-order valence-corrected chi connectivity index (χ1v) is 38.7. The molecule has 2 N–H and O–H groups in total. The largest absolute Gasteiger partial charge is 0.361 e. The third kappa shape index (κ3) is 15.3. The maximum Gasteiger partial charge on any atom is 0.326 e. The average Bonchev–Trinajstić information content (AvgIpc) is 1.60. The maximum absolute atomic E-state index is 14.6. The van der Waals surface area contributed by atoms with Gasteiger partial charge in [0.1, 0.15) is 35.6 Å². The minimum Gasteiger partial charge on any atom is -0.361 e. The van der Waals surface area contributed by atoms with Crippen LogP contribution in [0.3, 0.4) is 0 Å². The van der Waals surface area contributed by atoms with Crippen LogP contribution in [-0.2, 0) is 0 Å². The zero-order valence-electron chi connectivity index (χ0n) is 67.9. The van der Waals surface area contributed by atoms with E-state index in [1.807, 2.05) is 19.6 Å². The fourth-order valence-electron chi connectivity index (χ4n) is 16.5. The molecule has 0 aliphatic carbocycles. The Morgan fingerprint density at radius 1 is 0.299 bits per heavy atom. The van der Waals surface area contributed by atoms with Crippen molar-refractivity contribution in [3.63, 3.8) is 0 Å². The lowest BCUT2D eigenvalue weighted by Gasteiger charge is -2.38. The summed E-state index contributed by atoms with van der Waals surface area (Å²) in [7, 11) is 2.12. The van der Waals surface area contributed by atoms with Crippen molar-refractivity contribution in [1.29, 1.82) is 0 Å². The van der Waals surface area contributed by atoms with Crippen molar-refractivity contribution in [1.82, 2.24) is 35.1 Å². The Morgan fingerprint density at radius 2 is 0.561 bits per heavy atom. The van der Waals surface area contributed by atoms with E-state index in [2.05, 4.69) is 314 Å². The number of piperazine rings is 2. The van der Waals surface area contributed by atoms with E-state index in [-0.39, 0.29) is 48.3 Å². The monoisotopic (exact) mass is 1430 g/mol. The standard InChI is InChI=1S/C34H42N4O.C33H40N4O.C28H32N2/c1-21-9-13-28(14-10-21)31-32(29-15-11-22(2)12-16-29)38(34(39)37-19-17-36(8)18-20-37)33(35-31)30-26(6)24(4)23(3)25(5)27(30)7;1-20-8-12-27(13-9-20)30-31(28-14-10-21(2)11-15-28)37(33(38)36-18-16-34-17-19-36)32(35-30)29-25(6)23(4)22(3)24(5)26(29)7;1-16-8-12-23(13-9-16)26-27(24-14-10-17(2)11-15-24)30-28(29-26)25-21(6)19(4)18(3)20(5)22(25)7/h9-16,31-32H,17-20H2,1-8H3;8-15,30-31,34H,16-19H2,1-7H3;8-15,26-27H,1-7H3,(H,29,30)/t31-,32+;30-,31+;26-,27+/m11./s1. The summed E-state index contributed by atoms with van der Waals surface area (Å²) in [6, 6.07) is 51.7. The van der Waals surface area contributed by atoms with E-state index in [1.165, 1.54) is 134 Å². The topological polar surface area (TPSA) is 111 Å². The molecule has 4 amide bonds. The van der Waals surface area contributed by atoms with Gasteiger partial charge >= 0.3 is 12.1 Å². The number of aryl methyl sites for hydroxylation is 6. The molecule has 5 heterocycles. The number of carbonyl (C=O) groups is 2. The molecule has 0 unspecified atom stereocenters. The molecule has 2 fully saturated rings. The Morgan fingerprint density at radius 3 is 0.879 bits per heavy atom. The number of benzene rings is 9. The van der Waals surface area contributed by atoms with Gasteiger partial charge in [0, 0.05) is 69.0 Å². The lowest BCUT2D eigenvalue weighted by Crippen LogP contribution is -2.53. The van der Waals surface area contributed by atoms with Crippen molar-refractivity contribution in [2.24, 2.45) is 15.0 Å². The summed E-state index contributed by atoms with van der Waals surface area (Å²) in [6.07, 6.45) is 0. The molecule has 107 heavy (non-hydrogen) atoms. The van der Waals surface area contributed by atoms with Gasteiger partial charge in [-0.1, -0.05) is 179 Å². The van der Waals surface area contributed by atoms with Crippen LogP contribution in [0.15, 0.2) is 161 Å². The second kappa shape index (κ2) is 32.0. The highest BCUT2D eigenvalue weighted by Gasteiger charge is 2.47. The van der Waals surface area contributed by atoms with Crippen molar-refractivity contribution in [2.45, 2.75) is 182 Å². The van der Waals surface area contributed by atoms with Crippen molar-refractivity contribution < 1.29 is 9.59 Å². The minimum atomic E-state index is -0.226. The Balaban J connectivity index is 0.000000152. The second-order valence-electron chi connectivity index (χ2n) is 31.5. The zero-order chi connectivity index (χ0) is 76.7. The molecule has 9 aromatic carbocycles. The van der Waals surface area contributed by atoms with Crippen molar-refractivity contribution in [3.8, 4) is 0 Å². The molecule has 14 rings (SSSR count). The molecule has 0 bridgehead atoms. The van der Waals surface area contributed by atoms with Crippen LogP contribution in [0.2, 0.25) is 0 Å². The molecule has 0 saturated carbocycles. The Kier molecular flexibility index (Phi) is 23.0. The number of nitrogens with zero attached hydrogens (tertiary/aromatic N) is 8. The predicted molar refractivity (Wildman–Crippen MR) is 445 cm³/mol. The first-order chi connectivity index (χ1) is 51.0. The van der Waals surface area contributed by atoms with Crippen LogP contribution in [0.5, 0.6) is 0 Å². The third-order valence-electron chi connectivity index (χ3n) is 24.8. The van der Waals surface area contributed by atoms with Crippen molar-refractivity contribution in [2.75, 3.05) is 59.4 Å². The number of urea groups is 2. The molecule has 0 radical (unpaired) electrons. The quantitative estimate of drug-likeness (QED) is 0.150. The fraction of sp³-hybridized carbons (Fsp3) is 0.379. The Bertz CT molecular complexity index is 4810. The molecule has 5 aliphatic rings. The van der Waals surface area contributed by atoms with Gasteiger partial charge < -0.3 is 25.3 Å². The molecule has 12 heteroatoms. The number of likely N-dealkylation sites (N-methyl/N-ethyl adjacent to an activating group) is 1. The van der Waals surface area contributed by atoms with Crippen LogP contribution in [-0.4, -0.2) is 113 Å². The Hall–Kier alpha value is -9.75. The van der Waals surface area contributed by atoms with Crippen LogP contribution in [0, 0.1) is 145 Å². The van der Waals surface area contributed by atoms with Gasteiger partial charge in [0.25, 0.3) is 0 Å². The normalized spacial score (nSPS) is 19.4. The van der Waals surface area contributed by atoms with Gasteiger partial charge in [-0.15, -0.1) is 0 Å². The van der Waals surface area contributed by atoms with E-state index < -0.39 is 0 Å². The van der Waals surface area contributed by atoms with E-state index in [0.717, 1.165) is 90.2 Å². The molecule has 6 atom stereocenters. The van der Waals surface area contributed by atoms with Crippen LogP contribution < -0.4 is 10.6 Å². The molecule has 2 saturated heterocycles. The second-order valence-corrected chi connectivity index (χ2v) is 31.5. The average molecular weight is 1430 g/mol. The lowest BCUT2D eigenvalue weighted by molar-refractivity contribution is 0.130. The first kappa shape index (κ1) is 76.9. The first-order valence-electron chi connectivity index (χ1n) is 38.7. The smallest absolute Gasteiger partial charge is 0.326 e. The predicted octanol–water partition coefficient (Wildman–Crippen LogP) is 19.9. The van der Waals surface area contributed by atoms with Crippen LogP contribution >= 0.6 is 0 Å². The van der Waals surface area contributed by atoms with E-state index in [4.69, 9.17) is 15.0 Å². The number of amides is 4. The summed E-state index contributed by atoms with van der Waals surface area (Å²) in [5.41, 5.74) is 37.2. The van der Waals surface area contributed by atoms with Gasteiger partial charge in [-0.05, 0) is 269 Å². The third-order valence-corrected chi connectivity index (χ3v) is 24.8. The summed E-state index contributed by atoms with van der Waals surface area (Å²) in [4.78, 5) is 55.6. The highest BCUT2D eigenvalue weighted by molar-refractivity contribution is 6.12. The highest BCUT2D eigenvalue weighted by atomic mass is 16.2. The van der Waals surface area contributed by atoms with Crippen molar-refractivity contribution in [3.05, 3.63) is 312 Å². The fourth-order valence-corrected chi connectivity index (χ4v) is 16.5. The number of rotatable bonds is 9. The van der Waals surface area contributed by atoms with E-state index >= 15 is 0 Å². The number of amidine groups is 3. The number of nitrogens with one attached hydrogen (secondary N) is 2. The van der Waals surface area contributed by atoms with Crippen LogP contribution in [0.1, 0.15) is 203 Å². The van der Waals surface area contributed by atoms with Gasteiger partial charge in [-0.25, -0.2) is 9.59 Å².